The summed E-state index contributed by atoms with van der Waals surface area (Å²) in [5.74, 6) is -0.544. The van der Waals surface area contributed by atoms with Gasteiger partial charge < -0.3 is 10.1 Å². The summed E-state index contributed by atoms with van der Waals surface area (Å²) in [6.45, 7) is -0.327. The Bertz CT molecular complexity index is 1090. The molecule has 0 saturated carbocycles. The highest BCUT2D eigenvalue weighted by molar-refractivity contribution is 7.92. The van der Waals surface area contributed by atoms with E-state index < -0.39 is 28.3 Å². The average Bonchev–Trinajstić information content (AvgIpc) is 2.77. The van der Waals surface area contributed by atoms with Gasteiger partial charge in [-0.15, -0.1) is 0 Å². The molecule has 2 aromatic carbocycles. The number of anilines is 1. The van der Waals surface area contributed by atoms with Gasteiger partial charge in [-0.05, 0) is 60.7 Å². The second-order valence-electron chi connectivity index (χ2n) is 6.26. The molecule has 7 nitrogen and oxygen atoms in total. The predicted molar refractivity (Wildman–Crippen MR) is 110 cm³/mol. The molecule has 0 bridgehead atoms. The van der Waals surface area contributed by atoms with E-state index in [1.54, 1.807) is 24.4 Å². The largest absolute Gasteiger partial charge is 0.497 e. The van der Waals surface area contributed by atoms with E-state index in [1.165, 1.54) is 43.5 Å². The van der Waals surface area contributed by atoms with E-state index in [4.69, 9.17) is 4.74 Å². The molecule has 3 aromatic rings. The van der Waals surface area contributed by atoms with Crippen LogP contribution in [-0.4, -0.2) is 33.0 Å². The standard InChI is InChI=1S/C21H20FN3O4S/c1-29-19-9-11-20(12-10-19)30(27,28)25(18-7-5-16(22)6-8-18)15-21(26)24-14-17-4-2-3-13-23-17/h2-13H,14-15H2,1H3,(H,24,26). The molecule has 0 unspecified atom stereocenters. The number of amides is 1. The average molecular weight is 429 g/mol. The van der Waals surface area contributed by atoms with Crippen LogP contribution >= 0.6 is 0 Å². The molecule has 0 aliphatic rings. The monoisotopic (exact) mass is 429 g/mol. The number of carbonyl (C=O) groups is 1. The van der Waals surface area contributed by atoms with Crippen molar-refractivity contribution in [1.29, 1.82) is 0 Å². The number of hydrogen-bond donors (Lipinski definition) is 1. The number of rotatable bonds is 8. The maximum atomic E-state index is 13.4. The molecule has 1 heterocycles. The molecule has 0 saturated heterocycles. The Balaban J connectivity index is 1.86. The van der Waals surface area contributed by atoms with E-state index in [2.05, 4.69) is 10.3 Å². The van der Waals surface area contributed by atoms with Crippen molar-refractivity contribution in [2.75, 3.05) is 18.0 Å². The van der Waals surface area contributed by atoms with Crippen LogP contribution in [0.15, 0.2) is 77.8 Å². The predicted octanol–water partition coefficient (Wildman–Crippen LogP) is 2.74. The van der Waals surface area contributed by atoms with Gasteiger partial charge in [0.25, 0.3) is 10.0 Å². The zero-order valence-electron chi connectivity index (χ0n) is 16.2. The van der Waals surface area contributed by atoms with Crippen molar-refractivity contribution in [2.24, 2.45) is 0 Å². The summed E-state index contributed by atoms with van der Waals surface area (Å²) in [5, 5.41) is 2.65. The van der Waals surface area contributed by atoms with E-state index in [0.717, 1.165) is 16.4 Å². The third-order valence-electron chi connectivity index (χ3n) is 4.24. The van der Waals surface area contributed by atoms with Gasteiger partial charge in [-0.2, -0.15) is 0 Å². The number of sulfonamides is 1. The Labute approximate surface area is 174 Å². The SMILES string of the molecule is COc1ccc(S(=O)(=O)N(CC(=O)NCc2ccccn2)c2ccc(F)cc2)cc1. The minimum absolute atomic E-state index is 0.0230. The molecular weight excluding hydrogens is 409 g/mol. The minimum atomic E-state index is -4.09. The van der Waals surface area contributed by atoms with Gasteiger partial charge in [-0.25, -0.2) is 12.8 Å². The first-order chi connectivity index (χ1) is 14.4. The van der Waals surface area contributed by atoms with E-state index in [1.807, 2.05) is 0 Å². The lowest BCUT2D eigenvalue weighted by Crippen LogP contribution is -2.40. The highest BCUT2D eigenvalue weighted by Gasteiger charge is 2.27. The van der Waals surface area contributed by atoms with Gasteiger partial charge in [-0.3, -0.25) is 14.1 Å². The lowest BCUT2D eigenvalue weighted by Gasteiger charge is -2.24. The van der Waals surface area contributed by atoms with Crippen LogP contribution in [0.25, 0.3) is 0 Å². The lowest BCUT2D eigenvalue weighted by atomic mass is 10.3. The first-order valence-electron chi connectivity index (χ1n) is 8.99. The summed E-state index contributed by atoms with van der Waals surface area (Å²) < 4.78 is 45.8. The number of methoxy groups -OCH3 is 1. The molecule has 0 spiro atoms. The van der Waals surface area contributed by atoms with Gasteiger partial charge in [0.05, 0.1) is 29.9 Å². The number of ether oxygens (including phenoxy) is 1. The highest BCUT2D eigenvalue weighted by atomic mass is 32.2. The third-order valence-corrected chi connectivity index (χ3v) is 6.03. The summed E-state index contributed by atoms with van der Waals surface area (Å²) in [6, 6.07) is 16.0. The molecule has 3 rings (SSSR count). The van der Waals surface area contributed by atoms with Gasteiger partial charge in [0.2, 0.25) is 5.91 Å². The molecule has 9 heteroatoms. The maximum Gasteiger partial charge on any atom is 0.264 e. The van der Waals surface area contributed by atoms with Gasteiger partial charge >= 0.3 is 0 Å². The van der Waals surface area contributed by atoms with Gasteiger partial charge in [-0.1, -0.05) is 6.07 Å². The summed E-state index contributed by atoms with van der Waals surface area (Å²) in [4.78, 5) is 16.6. The van der Waals surface area contributed by atoms with E-state index in [-0.39, 0.29) is 17.1 Å². The molecule has 0 atom stereocenters. The van der Waals surface area contributed by atoms with Gasteiger partial charge in [0.1, 0.15) is 18.1 Å². The Morgan fingerprint density at radius 3 is 2.37 bits per heavy atom. The van der Waals surface area contributed by atoms with Crippen LogP contribution in [0.1, 0.15) is 5.69 Å². The summed E-state index contributed by atoms with van der Waals surface area (Å²) in [7, 11) is -2.62. The molecule has 0 fully saturated rings. The zero-order chi connectivity index (χ0) is 21.6. The van der Waals surface area contributed by atoms with Crippen molar-refractivity contribution in [2.45, 2.75) is 11.4 Å². The van der Waals surface area contributed by atoms with Gasteiger partial charge in [0.15, 0.2) is 0 Å². The molecular formula is C21H20FN3O4S. The van der Waals surface area contributed by atoms with Crippen LogP contribution in [-0.2, 0) is 21.4 Å². The van der Waals surface area contributed by atoms with Crippen LogP contribution in [0.4, 0.5) is 10.1 Å². The molecule has 0 radical (unpaired) electrons. The molecule has 0 aliphatic carbocycles. The van der Waals surface area contributed by atoms with Crippen molar-refractivity contribution in [1.82, 2.24) is 10.3 Å². The van der Waals surface area contributed by atoms with Crippen molar-refractivity contribution in [3.63, 3.8) is 0 Å². The zero-order valence-corrected chi connectivity index (χ0v) is 17.0. The first-order valence-corrected chi connectivity index (χ1v) is 10.4. The third kappa shape index (κ3) is 5.12. The molecule has 1 amide bonds. The Morgan fingerprint density at radius 2 is 1.77 bits per heavy atom. The molecule has 156 valence electrons. The highest BCUT2D eigenvalue weighted by Crippen LogP contribution is 2.25. The van der Waals surface area contributed by atoms with Crippen molar-refractivity contribution in [3.8, 4) is 5.75 Å². The quantitative estimate of drug-likeness (QED) is 0.595. The summed E-state index contributed by atoms with van der Waals surface area (Å²) >= 11 is 0. The molecule has 30 heavy (non-hydrogen) atoms. The smallest absolute Gasteiger partial charge is 0.264 e. The van der Waals surface area contributed by atoms with Crippen molar-refractivity contribution in [3.05, 3.63) is 84.4 Å². The van der Waals surface area contributed by atoms with E-state index in [0.29, 0.717) is 11.4 Å². The van der Waals surface area contributed by atoms with Crippen molar-refractivity contribution < 1.29 is 22.3 Å². The number of aromatic nitrogens is 1. The molecule has 1 aromatic heterocycles. The van der Waals surface area contributed by atoms with Crippen LogP contribution in [0.3, 0.4) is 0 Å². The topological polar surface area (TPSA) is 88.6 Å². The summed E-state index contributed by atoms with van der Waals surface area (Å²) in [5.41, 5.74) is 0.803. The summed E-state index contributed by atoms with van der Waals surface area (Å²) in [6.07, 6.45) is 1.60. The van der Waals surface area contributed by atoms with Crippen LogP contribution in [0.2, 0.25) is 0 Å². The van der Waals surface area contributed by atoms with E-state index >= 15 is 0 Å². The fourth-order valence-corrected chi connectivity index (χ4v) is 4.10. The number of hydrogen-bond acceptors (Lipinski definition) is 5. The maximum absolute atomic E-state index is 13.4. The van der Waals surface area contributed by atoms with Crippen molar-refractivity contribution >= 4 is 21.6 Å². The Kier molecular flexibility index (Phi) is 6.63. The number of nitrogens with one attached hydrogen (secondary N) is 1. The lowest BCUT2D eigenvalue weighted by molar-refractivity contribution is -0.119. The number of halogens is 1. The number of carbonyl (C=O) groups excluding carboxylic acids is 1. The van der Waals surface area contributed by atoms with Crippen LogP contribution in [0, 0.1) is 5.82 Å². The van der Waals surface area contributed by atoms with E-state index in [9.17, 15) is 17.6 Å². The fraction of sp³-hybridized carbons (Fsp3) is 0.143. The Morgan fingerprint density at radius 1 is 1.07 bits per heavy atom. The second kappa shape index (κ2) is 9.36. The first kappa shape index (κ1) is 21.3. The number of pyridine rings is 1. The van der Waals surface area contributed by atoms with Gasteiger partial charge in [0, 0.05) is 6.20 Å². The number of nitrogens with zero attached hydrogens (tertiary/aromatic N) is 2. The number of benzene rings is 2. The minimum Gasteiger partial charge on any atom is -0.497 e. The second-order valence-corrected chi connectivity index (χ2v) is 8.12. The van der Waals surface area contributed by atoms with Crippen LogP contribution in [0.5, 0.6) is 5.75 Å². The fourth-order valence-electron chi connectivity index (χ4n) is 2.68. The van der Waals surface area contributed by atoms with Crippen LogP contribution < -0.4 is 14.4 Å². The normalized spacial score (nSPS) is 11.0. The molecule has 0 aliphatic heterocycles. The Hall–Kier alpha value is -3.46. The molecule has 1 N–H and O–H groups in total.